The van der Waals surface area contributed by atoms with Crippen LogP contribution in [0.3, 0.4) is 0 Å². The Morgan fingerprint density at radius 1 is 1.36 bits per heavy atom. The fraction of sp³-hybridized carbons (Fsp3) is 0.250. The van der Waals surface area contributed by atoms with Crippen molar-refractivity contribution in [1.29, 1.82) is 0 Å². The maximum atomic E-state index is 5.39. The van der Waals surface area contributed by atoms with Gasteiger partial charge in [0.1, 0.15) is 0 Å². The monoisotopic (exact) mass is 278 g/mol. The number of benzene rings is 1. The second-order valence-electron chi connectivity index (χ2n) is 2.40. The Morgan fingerprint density at radius 3 is 2.45 bits per heavy atom. The molecule has 0 spiro atoms. The summed E-state index contributed by atoms with van der Waals surface area (Å²) in [5, 5.41) is 1.39. The van der Waals surface area contributed by atoms with Crippen LogP contribution in [0.4, 0.5) is 0 Å². The van der Waals surface area contributed by atoms with E-state index in [1.807, 2.05) is 29.1 Å². The van der Waals surface area contributed by atoms with Crippen LogP contribution in [0, 0.1) is 0 Å². The largest absolute Gasteiger partial charge is 0.357 e. The van der Waals surface area contributed by atoms with Crippen molar-refractivity contribution in [2.75, 3.05) is 0 Å². The summed E-state index contributed by atoms with van der Waals surface area (Å²) in [7, 11) is -1.06. The topological polar surface area (TPSA) is 9.23 Å². The van der Waals surface area contributed by atoms with E-state index in [-0.39, 0.29) is 0 Å². The average Bonchev–Trinajstić information content (AvgIpc) is 2.09. The van der Waals surface area contributed by atoms with Gasteiger partial charge < -0.3 is 2.76 Å². The number of hydrogen-bond acceptors (Lipinski definition) is 1. The van der Waals surface area contributed by atoms with Gasteiger partial charge in [0.15, 0.2) is 0 Å². The minimum absolute atomic E-state index is 1.06. The van der Waals surface area contributed by atoms with Crippen molar-refractivity contribution < 1.29 is 2.76 Å². The van der Waals surface area contributed by atoms with Gasteiger partial charge in [0.05, 0.1) is 23.0 Å². The quantitative estimate of drug-likeness (QED) is 0.607. The van der Waals surface area contributed by atoms with Crippen molar-refractivity contribution in [1.82, 2.24) is 0 Å². The number of hydrogen-bond donors (Lipinski definition) is 0. The summed E-state index contributed by atoms with van der Waals surface area (Å²) in [6, 6.07) is 11.6. The van der Waals surface area contributed by atoms with Gasteiger partial charge in [-0.15, -0.1) is 0 Å². The van der Waals surface area contributed by atoms with Crippen molar-refractivity contribution in [2.24, 2.45) is 0 Å². The molecule has 0 aliphatic heterocycles. The summed E-state index contributed by atoms with van der Waals surface area (Å²) in [5.41, 5.74) is 0. The molecule has 0 amide bonds. The highest BCUT2D eigenvalue weighted by Gasteiger charge is 2.09. The minimum Gasteiger partial charge on any atom is -0.357 e. The van der Waals surface area contributed by atoms with Gasteiger partial charge in [-0.25, -0.2) is 0 Å². The summed E-state index contributed by atoms with van der Waals surface area (Å²) >= 11 is 2.01. The predicted octanol–water partition coefficient (Wildman–Crippen LogP) is 2.00. The van der Waals surface area contributed by atoms with E-state index in [4.69, 9.17) is 2.76 Å². The molecule has 0 aliphatic rings. The normalized spacial score (nSPS) is 12.9. The molecule has 0 aliphatic carbocycles. The van der Waals surface area contributed by atoms with Crippen molar-refractivity contribution in [3.05, 3.63) is 30.3 Å². The van der Waals surface area contributed by atoms with Crippen LogP contribution in [0.25, 0.3) is 0 Å². The predicted molar refractivity (Wildman–Crippen MR) is 58.8 cm³/mol. The molecule has 1 aromatic rings. The van der Waals surface area contributed by atoms with Gasteiger partial charge in [-0.1, -0.05) is 37.3 Å². The van der Waals surface area contributed by atoms with E-state index >= 15 is 0 Å². The summed E-state index contributed by atoms with van der Waals surface area (Å²) in [6.45, 7) is 2.18. The molecule has 0 radical (unpaired) electrons. The first-order valence-corrected chi connectivity index (χ1v) is 6.45. The van der Waals surface area contributed by atoms with Crippen LogP contribution < -0.4 is 5.19 Å². The van der Waals surface area contributed by atoms with Crippen LogP contribution in [-0.4, -0.2) is 9.04 Å². The van der Waals surface area contributed by atoms with E-state index in [1.165, 1.54) is 5.19 Å². The van der Waals surface area contributed by atoms with Crippen LogP contribution in [0.1, 0.15) is 6.92 Å². The van der Waals surface area contributed by atoms with E-state index in [9.17, 15) is 0 Å². The second kappa shape index (κ2) is 4.90. The van der Waals surface area contributed by atoms with Gasteiger partial charge in [0.2, 0.25) is 9.04 Å². The summed E-state index contributed by atoms with van der Waals surface area (Å²) in [6.07, 6.45) is 0. The molecule has 0 saturated heterocycles. The smallest absolute Gasteiger partial charge is 0.223 e. The Labute approximate surface area is 83.2 Å². The summed E-state index contributed by atoms with van der Waals surface area (Å²) in [4.78, 5) is 0. The molecular weight excluding hydrogens is 267 g/mol. The molecule has 0 heterocycles. The molecule has 3 heteroatoms. The van der Waals surface area contributed by atoms with E-state index in [2.05, 4.69) is 31.2 Å². The standard InChI is InChI=1S/C8H11IOSi/c1-2-11(10-9)8-6-4-3-5-7-8/h3-7,11H,2H2,1H3. The lowest BCUT2D eigenvalue weighted by atomic mass is 10.4. The van der Waals surface area contributed by atoms with Gasteiger partial charge >= 0.3 is 0 Å². The molecule has 60 valence electrons. The molecule has 1 unspecified atom stereocenters. The first-order valence-electron chi connectivity index (χ1n) is 3.70. The zero-order chi connectivity index (χ0) is 8.10. The van der Waals surface area contributed by atoms with Crippen molar-refractivity contribution >= 4 is 37.2 Å². The Morgan fingerprint density at radius 2 is 2.00 bits per heavy atom. The van der Waals surface area contributed by atoms with Crippen LogP contribution in [0.5, 0.6) is 0 Å². The highest BCUT2D eigenvalue weighted by molar-refractivity contribution is 14.1. The lowest BCUT2D eigenvalue weighted by Gasteiger charge is -2.08. The Kier molecular flexibility index (Phi) is 4.10. The zero-order valence-electron chi connectivity index (χ0n) is 6.46. The molecule has 11 heavy (non-hydrogen) atoms. The molecule has 0 bridgehead atoms. The van der Waals surface area contributed by atoms with Crippen molar-refractivity contribution in [3.63, 3.8) is 0 Å². The van der Waals surface area contributed by atoms with Crippen LogP contribution in [0.15, 0.2) is 30.3 Å². The van der Waals surface area contributed by atoms with Gasteiger partial charge in [0.25, 0.3) is 0 Å². The molecule has 1 nitrogen and oxygen atoms in total. The molecule has 1 rings (SSSR count). The molecule has 0 fully saturated rings. The van der Waals surface area contributed by atoms with Gasteiger partial charge in [-0.2, -0.15) is 0 Å². The van der Waals surface area contributed by atoms with Crippen LogP contribution >= 0.6 is 23.0 Å². The highest BCUT2D eigenvalue weighted by atomic mass is 127. The third-order valence-electron chi connectivity index (χ3n) is 1.65. The highest BCUT2D eigenvalue weighted by Crippen LogP contribution is 2.00. The first kappa shape index (κ1) is 9.22. The Hall–Kier alpha value is 0.127. The van der Waals surface area contributed by atoms with Gasteiger partial charge in [-0.3, -0.25) is 0 Å². The number of halogens is 1. The maximum absolute atomic E-state index is 5.39. The minimum atomic E-state index is -1.06. The maximum Gasteiger partial charge on any atom is 0.223 e. The van der Waals surface area contributed by atoms with Crippen molar-refractivity contribution in [3.8, 4) is 0 Å². The zero-order valence-corrected chi connectivity index (χ0v) is 9.77. The molecule has 0 saturated carbocycles. The lowest BCUT2D eigenvalue weighted by molar-refractivity contribution is 0.754. The van der Waals surface area contributed by atoms with Gasteiger partial charge in [-0.05, 0) is 11.2 Å². The fourth-order valence-electron chi connectivity index (χ4n) is 1.02. The first-order chi connectivity index (χ1) is 5.38. The van der Waals surface area contributed by atoms with Crippen LogP contribution in [0.2, 0.25) is 6.04 Å². The summed E-state index contributed by atoms with van der Waals surface area (Å²) < 4.78 is 5.39. The van der Waals surface area contributed by atoms with Crippen molar-refractivity contribution in [2.45, 2.75) is 13.0 Å². The lowest BCUT2D eigenvalue weighted by Crippen LogP contribution is -2.29. The Bertz CT molecular complexity index is 199. The average molecular weight is 278 g/mol. The molecular formula is C8H11IOSi. The summed E-state index contributed by atoms with van der Waals surface area (Å²) in [5.74, 6) is 0. The van der Waals surface area contributed by atoms with E-state index in [0.29, 0.717) is 0 Å². The molecule has 1 atom stereocenters. The number of rotatable bonds is 3. The van der Waals surface area contributed by atoms with E-state index < -0.39 is 9.04 Å². The third kappa shape index (κ3) is 2.57. The second-order valence-corrected chi connectivity index (χ2v) is 6.56. The Balaban J connectivity index is 2.74. The SMILES string of the molecule is CC[SiH](OI)c1ccccc1. The third-order valence-corrected chi connectivity index (χ3v) is 5.58. The fourth-order valence-corrected chi connectivity index (χ4v) is 4.33. The molecule has 0 N–H and O–H groups in total. The molecule has 0 aromatic heterocycles. The van der Waals surface area contributed by atoms with E-state index in [1.54, 1.807) is 0 Å². The molecule has 1 aromatic carbocycles. The van der Waals surface area contributed by atoms with E-state index in [0.717, 1.165) is 6.04 Å². The van der Waals surface area contributed by atoms with Gasteiger partial charge in [0, 0.05) is 0 Å². The van der Waals surface area contributed by atoms with Crippen LogP contribution in [-0.2, 0) is 2.76 Å².